The number of nitrogens with one attached hydrogen (secondary N) is 1. The Labute approximate surface area is 120 Å². The molecular formula is C14H23N3O2S. The van der Waals surface area contributed by atoms with Crippen molar-refractivity contribution in [3.8, 4) is 0 Å². The SMILES string of the molecule is Nc1cc(NCCCC2CCCC2)ccc1S(N)(=O)=O. The van der Waals surface area contributed by atoms with Crippen LogP contribution >= 0.6 is 0 Å². The van der Waals surface area contributed by atoms with Gasteiger partial charge in [0, 0.05) is 12.2 Å². The summed E-state index contributed by atoms with van der Waals surface area (Å²) in [5.74, 6) is 0.895. The van der Waals surface area contributed by atoms with Crippen molar-refractivity contribution in [3.63, 3.8) is 0 Å². The lowest BCUT2D eigenvalue weighted by Gasteiger charge is -2.11. The van der Waals surface area contributed by atoms with Crippen LogP contribution in [-0.4, -0.2) is 15.0 Å². The number of sulfonamides is 1. The van der Waals surface area contributed by atoms with Gasteiger partial charge in [-0.05, 0) is 37.0 Å². The average molecular weight is 297 g/mol. The number of benzene rings is 1. The summed E-state index contributed by atoms with van der Waals surface area (Å²) in [5, 5.41) is 8.34. The molecule has 2 rings (SSSR count). The molecule has 0 atom stereocenters. The molecule has 1 saturated carbocycles. The Morgan fingerprint density at radius 2 is 1.95 bits per heavy atom. The molecule has 0 radical (unpaired) electrons. The molecule has 0 heterocycles. The minimum Gasteiger partial charge on any atom is -0.398 e. The third kappa shape index (κ3) is 4.11. The van der Waals surface area contributed by atoms with E-state index in [1.807, 2.05) is 0 Å². The maximum Gasteiger partial charge on any atom is 0.240 e. The average Bonchev–Trinajstić information content (AvgIpc) is 2.86. The maximum absolute atomic E-state index is 11.2. The monoisotopic (exact) mass is 297 g/mol. The first-order valence-corrected chi connectivity index (χ1v) is 8.67. The smallest absolute Gasteiger partial charge is 0.240 e. The first-order valence-electron chi connectivity index (χ1n) is 7.13. The summed E-state index contributed by atoms with van der Waals surface area (Å²) in [4.78, 5) is -0.0194. The zero-order valence-electron chi connectivity index (χ0n) is 11.6. The Hall–Kier alpha value is -1.27. The van der Waals surface area contributed by atoms with Crippen LogP contribution < -0.4 is 16.2 Å². The van der Waals surface area contributed by atoms with Gasteiger partial charge in [-0.1, -0.05) is 25.7 Å². The number of nitrogen functional groups attached to an aromatic ring is 1. The normalized spacial score (nSPS) is 16.4. The molecule has 0 aliphatic heterocycles. The van der Waals surface area contributed by atoms with Crippen LogP contribution in [0.1, 0.15) is 38.5 Å². The highest BCUT2D eigenvalue weighted by atomic mass is 32.2. The highest BCUT2D eigenvalue weighted by molar-refractivity contribution is 7.89. The van der Waals surface area contributed by atoms with E-state index in [0.717, 1.165) is 24.6 Å². The molecule has 1 aliphatic carbocycles. The topological polar surface area (TPSA) is 98.2 Å². The Bertz CT molecular complexity index is 552. The number of nitrogens with two attached hydrogens (primary N) is 2. The highest BCUT2D eigenvalue weighted by Gasteiger charge is 2.14. The van der Waals surface area contributed by atoms with Crippen molar-refractivity contribution in [1.82, 2.24) is 0 Å². The van der Waals surface area contributed by atoms with E-state index in [0.29, 0.717) is 0 Å². The predicted molar refractivity (Wildman–Crippen MR) is 81.9 cm³/mol. The van der Waals surface area contributed by atoms with Crippen molar-refractivity contribution in [3.05, 3.63) is 18.2 Å². The number of anilines is 2. The first-order chi connectivity index (χ1) is 9.47. The van der Waals surface area contributed by atoms with Gasteiger partial charge in [-0.25, -0.2) is 13.6 Å². The van der Waals surface area contributed by atoms with Gasteiger partial charge in [0.1, 0.15) is 4.90 Å². The van der Waals surface area contributed by atoms with Crippen molar-refractivity contribution in [2.75, 3.05) is 17.6 Å². The molecule has 0 unspecified atom stereocenters. The molecule has 0 spiro atoms. The lowest BCUT2D eigenvalue weighted by atomic mass is 10.0. The molecule has 0 saturated heterocycles. The van der Waals surface area contributed by atoms with Crippen molar-refractivity contribution < 1.29 is 8.42 Å². The van der Waals surface area contributed by atoms with Crippen LogP contribution in [0, 0.1) is 5.92 Å². The van der Waals surface area contributed by atoms with E-state index in [9.17, 15) is 8.42 Å². The molecule has 6 heteroatoms. The van der Waals surface area contributed by atoms with Crippen LogP contribution in [-0.2, 0) is 10.0 Å². The number of rotatable bonds is 6. The fraction of sp³-hybridized carbons (Fsp3) is 0.571. The summed E-state index contributed by atoms with van der Waals surface area (Å²) in [6.07, 6.45) is 7.89. The van der Waals surface area contributed by atoms with E-state index in [4.69, 9.17) is 10.9 Å². The van der Waals surface area contributed by atoms with E-state index in [-0.39, 0.29) is 10.6 Å². The molecule has 20 heavy (non-hydrogen) atoms. The van der Waals surface area contributed by atoms with E-state index in [1.54, 1.807) is 12.1 Å². The van der Waals surface area contributed by atoms with E-state index >= 15 is 0 Å². The molecule has 1 aromatic carbocycles. The molecule has 112 valence electrons. The molecule has 5 nitrogen and oxygen atoms in total. The second-order valence-corrected chi connectivity index (χ2v) is 7.05. The van der Waals surface area contributed by atoms with Gasteiger partial charge in [-0.3, -0.25) is 0 Å². The van der Waals surface area contributed by atoms with Gasteiger partial charge in [-0.15, -0.1) is 0 Å². The first kappa shape index (κ1) is 15.1. The van der Waals surface area contributed by atoms with Gasteiger partial charge >= 0.3 is 0 Å². The van der Waals surface area contributed by atoms with Gasteiger partial charge in [0.05, 0.1) is 5.69 Å². The Balaban J connectivity index is 1.83. The zero-order chi connectivity index (χ0) is 14.6. The number of primary sulfonamides is 1. The van der Waals surface area contributed by atoms with E-state index in [2.05, 4.69) is 5.32 Å². The van der Waals surface area contributed by atoms with Crippen molar-refractivity contribution in [2.24, 2.45) is 11.1 Å². The standard InChI is InChI=1S/C14H23N3O2S/c15-13-10-12(7-8-14(13)20(16,18)19)17-9-3-6-11-4-1-2-5-11/h7-8,10-11,17H,1-6,9,15H2,(H2,16,18,19). The number of hydrogen-bond donors (Lipinski definition) is 3. The van der Waals surface area contributed by atoms with Crippen molar-refractivity contribution >= 4 is 21.4 Å². The van der Waals surface area contributed by atoms with Gasteiger partial charge < -0.3 is 11.1 Å². The fourth-order valence-corrected chi connectivity index (χ4v) is 3.49. The van der Waals surface area contributed by atoms with Crippen molar-refractivity contribution in [2.45, 2.75) is 43.4 Å². The second kappa shape index (κ2) is 6.45. The van der Waals surface area contributed by atoms with Crippen LogP contribution in [0.4, 0.5) is 11.4 Å². The molecule has 5 N–H and O–H groups in total. The summed E-state index contributed by atoms with van der Waals surface area (Å²) in [6, 6.07) is 4.77. The third-order valence-corrected chi connectivity index (χ3v) is 4.89. The maximum atomic E-state index is 11.2. The molecular weight excluding hydrogens is 274 g/mol. The predicted octanol–water partition coefficient (Wildman–Crippen LogP) is 2.30. The molecule has 0 bridgehead atoms. The minimum absolute atomic E-state index is 0.0194. The lowest BCUT2D eigenvalue weighted by molar-refractivity contribution is 0.491. The molecule has 1 fully saturated rings. The second-order valence-electron chi connectivity index (χ2n) is 5.52. The fourth-order valence-electron chi connectivity index (χ4n) is 2.84. The molecule has 1 aromatic rings. The van der Waals surface area contributed by atoms with Crippen LogP contribution in [0.3, 0.4) is 0 Å². The summed E-state index contributed by atoms with van der Waals surface area (Å²) >= 11 is 0. The van der Waals surface area contributed by atoms with Gasteiger partial charge in [-0.2, -0.15) is 0 Å². The van der Waals surface area contributed by atoms with Crippen LogP contribution in [0.15, 0.2) is 23.1 Å². The minimum atomic E-state index is -3.74. The molecule has 1 aliphatic rings. The largest absolute Gasteiger partial charge is 0.398 e. The van der Waals surface area contributed by atoms with E-state index in [1.165, 1.54) is 38.2 Å². The summed E-state index contributed by atoms with van der Waals surface area (Å²) in [7, 11) is -3.74. The van der Waals surface area contributed by atoms with Gasteiger partial charge in [0.25, 0.3) is 0 Å². The van der Waals surface area contributed by atoms with Crippen LogP contribution in [0.5, 0.6) is 0 Å². The highest BCUT2D eigenvalue weighted by Crippen LogP contribution is 2.28. The molecule has 0 amide bonds. The third-order valence-electron chi connectivity index (χ3n) is 3.91. The van der Waals surface area contributed by atoms with Gasteiger partial charge in [0.15, 0.2) is 0 Å². The Morgan fingerprint density at radius 3 is 2.55 bits per heavy atom. The van der Waals surface area contributed by atoms with Gasteiger partial charge in [0.2, 0.25) is 10.0 Å². The summed E-state index contributed by atoms with van der Waals surface area (Å²) in [5.41, 5.74) is 6.73. The summed E-state index contributed by atoms with van der Waals surface area (Å²) < 4.78 is 22.5. The van der Waals surface area contributed by atoms with Crippen molar-refractivity contribution in [1.29, 1.82) is 0 Å². The Kier molecular flexibility index (Phi) is 4.88. The Morgan fingerprint density at radius 1 is 1.25 bits per heavy atom. The van der Waals surface area contributed by atoms with Crippen LogP contribution in [0.2, 0.25) is 0 Å². The zero-order valence-corrected chi connectivity index (χ0v) is 12.5. The quantitative estimate of drug-likeness (QED) is 0.554. The molecule has 0 aromatic heterocycles. The summed E-state index contributed by atoms with van der Waals surface area (Å²) in [6.45, 7) is 0.880. The van der Waals surface area contributed by atoms with Crippen LogP contribution in [0.25, 0.3) is 0 Å². The lowest BCUT2D eigenvalue weighted by Crippen LogP contribution is -2.14. The number of hydrogen-bond acceptors (Lipinski definition) is 4. The van der Waals surface area contributed by atoms with E-state index < -0.39 is 10.0 Å².